The van der Waals surface area contributed by atoms with Gasteiger partial charge >= 0.3 is 5.97 Å². The van der Waals surface area contributed by atoms with Crippen LogP contribution in [0.15, 0.2) is 48.5 Å². The number of hydrogen-bond acceptors (Lipinski definition) is 7. The predicted molar refractivity (Wildman–Crippen MR) is 166 cm³/mol. The van der Waals surface area contributed by atoms with Crippen molar-refractivity contribution in [2.45, 2.75) is 88.7 Å². The molecule has 4 aliphatic heterocycles. The first-order chi connectivity index (χ1) is 21.4. The van der Waals surface area contributed by atoms with E-state index >= 15 is 4.11 Å². The number of carbonyl (C=O) groups is 4. The maximum absolute atomic E-state index is 16.2. The summed E-state index contributed by atoms with van der Waals surface area (Å²) in [4.78, 5) is 56.8. The first kappa shape index (κ1) is 31.4. The lowest BCUT2D eigenvalue weighted by atomic mass is 9.82. The zero-order valence-electron chi connectivity index (χ0n) is 26.1. The topological polar surface area (TPSA) is 117 Å². The average Bonchev–Trinajstić information content (AvgIpc) is 3.63. The third kappa shape index (κ3) is 5.26. The van der Waals surface area contributed by atoms with E-state index in [1.54, 1.807) is 41.1 Å². The van der Waals surface area contributed by atoms with Crippen LogP contribution in [-0.4, -0.2) is 73.6 Å². The van der Waals surface area contributed by atoms with Crippen LogP contribution in [0.1, 0.15) is 50.7 Å². The Labute approximate surface area is 263 Å². The van der Waals surface area contributed by atoms with Gasteiger partial charge in [0.05, 0.1) is 43.8 Å². The lowest BCUT2D eigenvalue weighted by Crippen LogP contribution is -2.54. The summed E-state index contributed by atoms with van der Waals surface area (Å²) in [7, 11) is -3.45. The van der Waals surface area contributed by atoms with Crippen molar-refractivity contribution in [2.75, 3.05) is 23.0 Å². The Balaban J connectivity index is 1.31. The molecule has 0 aliphatic carbocycles. The molecule has 4 heterocycles. The van der Waals surface area contributed by atoms with Gasteiger partial charge in [0.25, 0.3) is 5.91 Å². The smallest absolute Gasteiger partial charge is 0.304 e. The molecule has 0 saturated carbocycles. The summed E-state index contributed by atoms with van der Waals surface area (Å²) >= 11 is 0. The lowest BCUT2D eigenvalue weighted by Gasteiger charge is -2.39. The standard InChI is InChI=1S/C33H40FN3O7Si/c1-20-31(45(3,4)34)27(16-28(40)35-14-8-11-24(35)19-38)44-33(20)25-12-5-6-13-26(25)36(32(33)42)18-22-9-7-10-23(15-22)37-29(41)17-30(37)43-21(2)39/h5-7,9-10,12-13,15,20,24,27,30-31,38H,8,11,14,16-19H2,1-4H3/t20-,24+,27+,30?,31-,33+/m1/s1. The largest absolute Gasteiger partial charge is 0.441 e. The monoisotopic (exact) mass is 637 g/mol. The van der Waals surface area contributed by atoms with Gasteiger partial charge in [-0.3, -0.25) is 24.1 Å². The summed E-state index contributed by atoms with van der Waals surface area (Å²) in [5, 5.41) is 9.79. The van der Waals surface area contributed by atoms with Gasteiger partial charge in [-0.05, 0) is 49.7 Å². The molecule has 1 unspecified atom stereocenters. The summed E-state index contributed by atoms with van der Waals surface area (Å²) in [6.07, 6.45) is 0.103. The van der Waals surface area contributed by atoms with Gasteiger partial charge in [-0.25, -0.2) is 0 Å². The second-order valence-electron chi connectivity index (χ2n) is 13.2. The van der Waals surface area contributed by atoms with Gasteiger partial charge in [-0.1, -0.05) is 37.3 Å². The van der Waals surface area contributed by atoms with Crippen molar-refractivity contribution in [3.8, 4) is 0 Å². The molecule has 6 atom stereocenters. The van der Waals surface area contributed by atoms with Crippen molar-refractivity contribution in [3.05, 3.63) is 59.7 Å². The third-order valence-electron chi connectivity index (χ3n) is 9.89. The molecule has 1 spiro atoms. The van der Waals surface area contributed by atoms with Crippen LogP contribution in [0, 0.1) is 5.92 Å². The number of nitrogens with zero attached hydrogens (tertiary/aromatic N) is 3. The molecule has 12 heteroatoms. The van der Waals surface area contributed by atoms with E-state index in [0.717, 1.165) is 18.4 Å². The number of carbonyl (C=O) groups excluding carboxylic acids is 4. The number of hydrogen-bond donors (Lipinski definition) is 1. The highest BCUT2D eigenvalue weighted by molar-refractivity contribution is 6.72. The molecule has 2 aromatic rings. The van der Waals surface area contributed by atoms with E-state index in [1.165, 1.54) is 11.8 Å². The van der Waals surface area contributed by atoms with Crippen molar-refractivity contribution < 1.29 is 37.9 Å². The fourth-order valence-corrected chi connectivity index (χ4v) is 10.5. The minimum Gasteiger partial charge on any atom is -0.441 e. The molecule has 2 aromatic carbocycles. The number of β-lactam (4-membered cyclic amide) rings is 1. The lowest BCUT2D eigenvalue weighted by molar-refractivity contribution is -0.154. The molecule has 0 bridgehead atoms. The zero-order valence-corrected chi connectivity index (χ0v) is 27.1. The van der Waals surface area contributed by atoms with Crippen LogP contribution in [0.4, 0.5) is 15.5 Å². The Morgan fingerprint density at radius 1 is 1.16 bits per heavy atom. The van der Waals surface area contributed by atoms with Crippen molar-refractivity contribution in [1.82, 2.24) is 4.90 Å². The second kappa shape index (κ2) is 11.6. The quantitative estimate of drug-likeness (QED) is 0.201. The molecule has 240 valence electrons. The van der Waals surface area contributed by atoms with E-state index in [2.05, 4.69) is 0 Å². The number of ether oxygens (including phenoxy) is 2. The van der Waals surface area contributed by atoms with Gasteiger partial charge in [0.1, 0.15) is 0 Å². The highest BCUT2D eigenvalue weighted by Crippen LogP contribution is 2.60. The molecule has 3 fully saturated rings. The van der Waals surface area contributed by atoms with Crippen LogP contribution in [0.2, 0.25) is 18.6 Å². The van der Waals surface area contributed by atoms with Crippen LogP contribution >= 0.6 is 0 Å². The Bertz CT molecular complexity index is 1530. The van der Waals surface area contributed by atoms with Crippen molar-refractivity contribution in [1.29, 1.82) is 0 Å². The molecule has 1 N–H and O–H groups in total. The van der Waals surface area contributed by atoms with Gasteiger partial charge in [-0.15, -0.1) is 0 Å². The molecule has 6 rings (SSSR count). The average molecular weight is 638 g/mol. The molecule has 3 saturated heterocycles. The number of fused-ring (bicyclic) bond motifs is 2. The van der Waals surface area contributed by atoms with Gasteiger partial charge < -0.3 is 28.5 Å². The zero-order chi connectivity index (χ0) is 32.3. The van der Waals surface area contributed by atoms with E-state index in [4.69, 9.17) is 9.47 Å². The SMILES string of the molecule is CC(=O)OC1CC(=O)N1c1cccc(CN2C(=O)[C@@]3(O[C@@H](CC(=O)N4CCC[C@H]4CO)[C@H]([Si](C)(C)F)[C@H]3C)c3ccccc32)c1. The normalized spacial score (nSPS) is 29.4. The molecule has 0 aromatic heterocycles. The van der Waals surface area contributed by atoms with Crippen LogP contribution in [0.25, 0.3) is 0 Å². The van der Waals surface area contributed by atoms with Crippen molar-refractivity contribution in [2.24, 2.45) is 5.92 Å². The molecular formula is C33H40FN3O7Si. The third-order valence-corrected chi connectivity index (χ3v) is 12.3. The van der Waals surface area contributed by atoms with E-state index in [-0.39, 0.29) is 49.8 Å². The summed E-state index contributed by atoms with van der Waals surface area (Å²) in [6, 6.07) is 14.3. The molecule has 10 nitrogen and oxygen atoms in total. The van der Waals surface area contributed by atoms with E-state index < -0.39 is 43.8 Å². The fraction of sp³-hybridized carbons (Fsp3) is 0.515. The number of benzene rings is 2. The van der Waals surface area contributed by atoms with E-state index in [0.29, 0.717) is 23.5 Å². The van der Waals surface area contributed by atoms with E-state index in [1.807, 2.05) is 37.3 Å². The maximum atomic E-state index is 16.2. The van der Waals surface area contributed by atoms with Gasteiger partial charge in [0.2, 0.25) is 20.2 Å². The first-order valence-electron chi connectivity index (χ1n) is 15.6. The Morgan fingerprint density at radius 3 is 2.60 bits per heavy atom. The van der Waals surface area contributed by atoms with Crippen LogP contribution < -0.4 is 9.80 Å². The summed E-state index contributed by atoms with van der Waals surface area (Å²) < 4.78 is 28.1. The highest BCUT2D eigenvalue weighted by atomic mass is 28.4. The number of amides is 3. The van der Waals surface area contributed by atoms with Crippen molar-refractivity contribution in [3.63, 3.8) is 0 Å². The predicted octanol–water partition coefficient (Wildman–Crippen LogP) is 4.01. The maximum Gasteiger partial charge on any atom is 0.304 e. The fourth-order valence-electron chi connectivity index (χ4n) is 7.97. The number of aliphatic hydroxyl groups excluding tert-OH is 1. The number of para-hydroxylation sites is 1. The Kier molecular flexibility index (Phi) is 8.11. The summed E-state index contributed by atoms with van der Waals surface area (Å²) in [6.45, 7) is 6.95. The van der Waals surface area contributed by atoms with Crippen LogP contribution in [0.3, 0.4) is 0 Å². The van der Waals surface area contributed by atoms with Gasteiger partial charge in [-0.2, -0.15) is 0 Å². The van der Waals surface area contributed by atoms with Crippen molar-refractivity contribution >= 4 is 43.5 Å². The number of likely N-dealkylation sites (tertiary alicyclic amines) is 1. The highest BCUT2D eigenvalue weighted by Gasteiger charge is 2.67. The van der Waals surface area contributed by atoms with Crippen LogP contribution in [-0.2, 0) is 40.8 Å². The number of halogens is 1. The van der Waals surface area contributed by atoms with E-state index in [9.17, 15) is 24.3 Å². The van der Waals surface area contributed by atoms with Gasteiger partial charge in [0, 0.05) is 36.2 Å². The van der Waals surface area contributed by atoms with Gasteiger partial charge in [0.15, 0.2) is 11.8 Å². The minimum absolute atomic E-state index is 0.0571. The Hall–Kier alpha value is -3.61. The number of aliphatic hydroxyl groups is 1. The minimum atomic E-state index is -3.45. The number of esters is 1. The first-order valence-corrected chi connectivity index (χ1v) is 18.6. The van der Waals surface area contributed by atoms with Crippen LogP contribution in [0.5, 0.6) is 0 Å². The molecule has 4 aliphatic rings. The molecular weight excluding hydrogens is 597 g/mol. The number of rotatable bonds is 8. The summed E-state index contributed by atoms with van der Waals surface area (Å²) in [5.41, 5.74) is 0.525. The molecule has 45 heavy (non-hydrogen) atoms. The molecule has 3 amide bonds. The number of anilines is 2. The molecule has 0 radical (unpaired) electrons. The second-order valence-corrected chi connectivity index (χ2v) is 16.9. The Morgan fingerprint density at radius 2 is 1.91 bits per heavy atom. The summed E-state index contributed by atoms with van der Waals surface area (Å²) in [5.74, 6) is -1.69.